The van der Waals surface area contributed by atoms with E-state index in [4.69, 9.17) is 5.11 Å². The lowest BCUT2D eigenvalue weighted by Gasteiger charge is -1.94. The molecule has 62 valence electrons. The van der Waals surface area contributed by atoms with Crippen molar-refractivity contribution in [2.45, 2.75) is 0 Å². The van der Waals surface area contributed by atoms with Crippen LogP contribution in [0.15, 0.2) is 17.1 Å². The number of aldehydes is 1. The normalized spacial score (nSPS) is 9.33. The molecule has 0 fully saturated rings. The second kappa shape index (κ2) is 3.00. The summed E-state index contributed by atoms with van der Waals surface area (Å²) in [6, 6.07) is 1.23. The number of rotatable bonds is 2. The Labute approximate surface area is 66.7 Å². The highest BCUT2D eigenvalue weighted by molar-refractivity contribution is 5.96. The van der Waals surface area contributed by atoms with Gasteiger partial charge < -0.3 is 10.1 Å². The largest absolute Gasteiger partial charge is 0.477 e. The molecule has 0 saturated heterocycles. The lowest BCUT2D eigenvalue weighted by Crippen LogP contribution is -2.19. The molecule has 0 unspecified atom stereocenters. The third kappa shape index (κ3) is 1.24. The number of pyridine rings is 1. The highest BCUT2D eigenvalue weighted by Gasteiger charge is 2.12. The summed E-state index contributed by atoms with van der Waals surface area (Å²) in [6.07, 6.45) is 1.55. The first kappa shape index (κ1) is 8.19. The highest BCUT2D eigenvalue weighted by atomic mass is 16.4. The molecular formula is C7H5NO4. The third-order valence-corrected chi connectivity index (χ3v) is 1.33. The van der Waals surface area contributed by atoms with E-state index in [2.05, 4.69) is 4.98 Å². The van der Waals surface area contributed by atoms with Gasteiger partial charge in [-0.05, 0) is 6.07 Å². The number of nitrogens with one attached hydrogen (secondary N) is 1. The predicted molar refractivity (Wildman–Crippen MR) is 39.4 cm³/mol. The van der Waals surface area contributed by atoms with Crippen LogP contribution in [0.5, 0.6) is 0 Å². The van der Waals surface area contributed by atoms with Crippen molar-refractivity contribution in [3.05, 3.63) is 33.7 Å². The fraction of sp³-hybridized carbons (Fsp3) is 0. The molecule has 0 aromatic carbocycles. The molecule has 0 aliphatic heterocycles. The SMILES string of the molecule is O=Cc1cc[nH]c(=O)c1C(=O)O. The molecule has 5 nitrogen and oxygen atoms in total. The van der Waals surface area contributed by atoms with E-state index in [0.29, 0.717) is 6.29 Å². The molecule has 1 heterocycles. The van der Waals surface area contributed by atoms with Crippen LogP contribution in [0.4, 0.5) is 0 Å². The van der Waals surface area contributed by atoms with Gasteiger partial charge in [-0.2, -0.15) is 0 Å². The zero-order chi connectivity index (χ0) is 9.14. The van der Waals surface area contributed by atoms with Gasteiger partial charge >= 0.3 is 5.97 Å². The van der Waals surface area contributed by atoms with Crippen molar-refractivity contribution in [1.29, 1.82) is 0 Å². The maximum Gasteiger partial charge on any atom is 0.342 e. The zero-order valence-corrected chi connectivity index (χ0v) is 5.90. The molecule has 1 aromatic heterocycles. The van der Waals surface area contributed by atoms with Gasteiger partial charge in [0.1, 0.15) is 5.56 Å². The number of hydrogen-bond acceptors (Lipinski definition) is 3. The quantitative estimate of drug-likeness (QED) is 0.601. The van der Waals surface area contributed by atoms with Crippen molar-refractivity contribution in [1.82, 2.24) is 4.98 Å². The maximum absolute atomic E-state index is 10.8. The smallest absolute Gasteiger partial charge is 0.342 e. The van der Waals surface area contributed by atoms with E-state index in [1.807, 2.05) is 0 Å². The molecule has 0 atom stereocenters. The van der Waals surface area contributed by atoms with Crippen LogP contribution in [0.25, 0.3) is 0 Å². The van der Waals surface area contributed by atoms with E-state index < -0.39 is 17.1 Å². The standard InChI is InChI=1S/C7H5NO4/c9-3-4-1-2-8-6(10)5(4)7(11)12/h1-3H,(H,8,10)(H,11,12). The molecule has 5 heteroatoms. The summed E-state index contributed by atoms with van der Waals surface area (Å²) in [5, 5.41) is 8.50. The topological polar surface area (TPSA) is 87.2 Å². The van der Waals surface area contributed by atoms with Gasteiger partial charge in [0.05, 0.1) is 0 Å². The van der Waals surface area contributed by atoms with E-state index in [1.165, 1.54) is 12.3 Å². The number of carbonyl (C=O) groups excluding carboxylic acids is 1. The van der Waals surface area contributed by atoms with E-state index >= 15 is 0 Å². The van der Waals surface area contributed by atoms with Crippen molar-refractivity contribution in [3.8, 4) is 0 Å². The predicted octanol–water partition coefficient (Wildman–Crippen LogP) is -0.114. The molecule has 0 radical (unpaired) electrons. The van der Waals surface area contributed by atoms with Crippen LogP contribution in [0.3, 0.4) is 0 Å². The number of carbonyl (C=O) groups is 2. The second-order valence-corrected chi connectivity index (χ2v) is 2.06. The zero-order valence-electron chi connectivity index (χ0n) is 5.90. The molecule has 0 aliphatic carbocycles. The average Bonchev–Trinajstić information content (AvgIpc) is 2.03. The molecule has 1 aromatic rings. The van der Waals surface area contributed by atoms with Crippen LogP contribution in [-0.4, -0.2) is 22.3 Å². The number of aromatic nitrogens is 1. The summed E-state index contributed by atoms with van der Waals surface area (Å²) in [5.41, 5.74) is -1.41. The van der Waals surface area contributed by atoms with Crippen LogP contribution in [0, 0.1) is 0 Å². The Morgan fingerprint density at radius 2 is 2.25 bits per heavy atom. The minimum Gasteiger partial charge on any atom is -0.477 e. The fourth-order valence-corrected chi connectivity index (χ4v) is 0.813. The van der Waals surface area contributed by atoms with Crippen LogP contribution in [0.2, 0.25) is 0 Å². The molecule has 0 saturated carbocycles. The van der Waals surface area contributed by atoms with Crippen molar-refractivity contribution < 1.29 is 14.7 Å². The molecule has 0 bridgehead atoms. The number of carboxylic acids is 1. The summed E-state index contributed by atoms with van der Waals surface area (Å²) in [6.45, 7) is 0. The van der Waals surface area contributed by atoms with Gasteiger partial charge in [-0.1, -0.05) is 0 Å². The number of aromatic carboxylic acids is 1. The summed E-state index contributed by atoms with van der Waals surface area (Å²) in [4.78, 5) is 33.7. The van der Waals surface area contributed by atoms with E-state index in [9.17, 15) is 14.4 Å². The van der Waals surface area contributed by atoms with Crippen molar-refractivity contribution in [2.24, 2.45) is 0 Å². The molecule has 0 aliphatic rings. The summed E-state index contributed by atoms with van der Waals surface area (Å²) < 4.78 is 0. The van der Waals surface area contributed by atoms with Gasteiger partial charge in [0.2, 0.25) is 0 Å². The maximum atomic E-state index is 10.8. The highest BCUT2D eigenvalue weighted by Crippen LogP contribution is 1.97. The van der Waals surface area contributed by atoms with Crippen LogP contribution >= 0.6 is 0 Å². The molecule has 0 spiro atoms. The van der Waals surface area contributed by atoms with Gasteiger partial charge in [-0.15, -0.1) is 0 Å². The van der Waals surface area contributed by atoms with Gasteiger partial charge in [-0.3, -0.25) is 9.59 Å². The Kier molecular flexibility index (Phi) is 2.05. The van der Waals surface area contributed by atoms with Crippen LogP contribution in [0.1, 0.15) is 20.7 Å². The van der Waals surface area contributed by atoms with Crippen molar-refractivity contribution in [3.63, 3.8) is 0 Å². The minimum atomic E-state index is -1.40. The lowest BCUT2D eigenvalue weighted by atomic mass is 10.1. The van der Waals surface area contributed by atoms with Gasteiger partial charge in [0, 0.05) is 11.8 Å². The number of H-pyrrole nitrogens is 1. The average molecular weight is 167 g/mol. The number of aromatic amines is 1. The molecule has 2 N–H and O–H groups in total. The number of carboxylic acid groups (broad SMARTS) is 1. The van der Waals surface area contributed by atoms with E-state index in [1.54, 1.807) is 0 Å². The van der Waals surface area contributed by atoms with Crippen molar-refractivity contribution in [2.75, 3.05) is 0 Å². The van der Waals surface area contributed by atoms with Gasteiger partial charge in [0.25, 0.3) is 5.56 Å². The summed E-state index contributed by atoms with van der Waals surface area (Å²) >= 11 is 0. The van der Waals surface area contributed by atoms with E-state index in [-0.39, 0.29) is 5.56 Å². The van der Waals surface area contributed by atoms with Crippen LogP contribution < -0.4 is 5.56 Å². The molecule has 1 rings (SSSR count). The third-order valence-electron chi connectivity index (χ3n) is 1.33. The fourth-order valence-electron chi connectivity index (χ4n) is 0.813. The summed E-state index contributed by atoms with van der Waals surface area (Å²) in [7, 11) is 0. The van der Waals surface area contributed by atoms with Gasteiger partial charge in [0.15, 0.2) is 6.29 Å². The Morgan fingerprint density at radius 1 is 1.58 bits per heavy atom. The van der Waals surface area contributed by atoms with E-state index in [0.717, 1.165) is 0 Å². The molecule has 12 heavy (non-hydrogen) atoms. The Bertz CT molecular complexity index is 379. The summed E-state index contributed by atoms with van der Waals surface area (Å²) in [5.74, 6) is -1.40. The monoisotopic (exact) mass is 167 g/mol. The minimum absolute atomic E-state index is 0.119. The molecule has 0 amide bonds. The first-order chi connectivity index (χ1) is 5.66. The Balaban J connectivity index is 3.50. The Hall–Kier alpha value is -1.91. The lowest BCUT2D eigenvalue weighted by molar-refractivity contribution is 0.0692. The van der Waals surface area contributed by atoms with Gasteiger partial charge in [-0.25, -0.2) is 4.79 Å². The second-order valence-electron chi connectivity index (χ2n) is 2.06. The molecular weight excluding hydrogens is 162 g/mol. The number of hydrogen-bond donors (Lipinski definition) is 2. The Morgan fingerprint density at radius 3 is 2.67 bits per heavy atom. The first-order valence-electron chi connectivity index (χ1n) is 3.07. The van der Waals surface area contributed by atoms with Crippen molar-refractivity contribution >= 4 is 12.3 Å². The van der Waals surface area contributed by atoms with Crippen LogP contribution in [-0.2, 0) is 0 Å². The first-order valence-corrected chi connectivity index (χ1v) is 3.07.